The molecular formula is C5H10O4. The van der Waals surface area contributed by atoms with Crippen molar-refractivity contribution in [3.8, 4) is 0 Å². The lowest BCUT2D eigenvalue weighted by Crippen LogP contribution is -2.34. The maximum Gasteiger partial charge on any atom is 0.160 e. The van der Waals surface area contributed by atoms with Gasteiger partial charge in [0.15, 0.2) is 5.78 Å². The summed E-state index contributed by atoms with van der Waals surface area (Å²) in [6.45, 7) is 0.546. The first-order valence-electron chi connectivity index (χ1n) is 2.57. The lowest BCUT2D eigenvalue weighted by molar-refractivity contribution is -0.132. The smallest absolute Gasteiger partial charge is 0.160 e. The largest absolute Gasteiger partial charge is 0.394 e. The fourth-order valence-electron chi connectivity index (χ4n) is 0.371. The van der Waals surface area contributed by atoms with Crippen LogP contribution in [0.5, 0.6) is 0 Å². The van der Waals surface area contributed by atoms with Gasteiger partial charge in [-0.15, -0.1) is 0 Å². The predicted molar refractivity (Wildman–Crippen MR) is 29.8 cm³/mol. The molecular weight excluding hydrogens is 126 g/mol. The summed E-state index contributed by atoms with van der Waals surface area (Å²) in [5.41, 5.74) is 0. The van der Waals surface area contributed by atoms with Crippen molar-refractivity contribution < 1.29 is 20.1 Å². The van der Waals surface area contributed by atoms with E-state index in [1.807, 2.05) is 0 Å². The molecule has 4 nitrogen and oxygen atoms in total. The molecule has 0 saturated heterocycles. The third-order valence-corrected chi connectivity index (χ3v) is 0.968. The highest BCUT2D eigenvalue weighted by molar-refractivity contribution is 5.80. The highest BCUT2D eigenvalue weighted by Gasteiger charge is 2.18. The fourth-order valence-corrected chi connectivity index (χ4v) is 0.371. The van der Waals surface area contributed by atoms with Gasteiger partial charge in [0.1, 0.15) is 12.2 Å². The van der Waals surface area contributed by atoms with Gasteiger partial charge in [-0.05, 0) is 6.92 Å². The Balaban J connectivity index is 3.72. The Bertz CT molecular complexity index is 101. The molecule has 0 bridgehead atoms. The molecule has 0 radical (unpaired) electrons. The molecule has 0 fully saturated rings. The minimum Gasteiger partial charge on any atom is -0.394 e. The van der Waals surface area contributed by atoms with Crippen LogP contribution in [-0.2, 0) is 4.79 Å². The van der Waals surface area contributed by atoms with E-state index in [2.05, 4.69) is 0 Å². The van der Waals surface area contributed by atoms with Gasteiger partial charge in [-0.3, -0.25) is 4.79 Å². The Kier molecular flexibility index (Phi) is 3.37. The summed E-state index contributed by atoms with van der Waals surface area (Å²) < 4.78 is 0. The van der Waals surface area contributed by atoms with E-state index in [1.54, 1.807) is 0 Å². The number of aliphatic hydroxyl groups is 3. The Hall–Kier alpha value is -0.450. The monoisotopic (exact) mass is 136 g/mol. The van der Waals surface area contributed by atoms with E-state index in [-0.39, 0.29) is 0 Å². The molecule has 0 aromatic heterocycles. The molecule has 0 saturated carbocycles. The Morgan fingerprint density at radius 3 is 2.11 bits per heavy atom. The Morgan fingerprint density at radius 1 is 1.56 bits per heavy atom. The minimum atomic E-state index is -1.45. The second kappa shape index (κ2) is 3.55. The number of hydrogen-bond acceptors (Lipinski definition) is 4. The third-order valence-electron chi connectivity index (χ3n) is 0.968. The number of Topliss-reactive ketones (excluding diaryl/α,β-unsaturated/α-hetero) is 1. The second-order valence-corrected chi connectivity index (χ2v) is 1.81. The summed E-state index contributed by atoms with van der Waals surface area (Å²) in [4.78, 5) is 10.2. The molecule has 0 amide bonds. The number of carbonyl (C=O) groups is 1. The van der Waals surface area contributed by atoms with Crippen molar-refractivity contribution in [2.75, 3.05) is 6.61 Å². The number of rotatable bonds is 3. The molecule has 3 N–H and O–H groups in total. The van der Waals surface area contributed by atoms with Crippen molar-refractivity contribution in [2.45, 2.75) is 19.1 Å². The van der Waals surface area contributed by atoms with Crippen LogP contribution in [0.25, 0.3) is 0 Å². The number of carbonyl (C=O) groups excluding carboxylic acids is 1. The normalized spacial score (nSPS) is 16.9. The van der Waals surface area contributed by atoms with Crippen molar-refractivity contribution in [3.05, 3.63) is 0 Å². The van der Waals surface area contributed by atoms with E-state index in [4.69, 9.17) is 15.3 Å². The first-order valence-corrected chi connectivity index (χ1v) is 2.57. The topological polar surface area (TPSA) is 77.8 Å². The molecule has 0 aromatic carbocycles. The van der Waals surface area contributed by atoms with Gasteiger partial charge in [0.2, 0.25) is 0 Å². The van der Waals surface area contributed by atoms with Gasteiger partial charge in [0.05, 0.1) is 6.61 Å². The van der Waals surface area contributed by atoms with Crippen LogP contribution in [0.1, 0.15) is 6.92 Å². The number of ketones is 1. The van der Waals surface area contributed by atoms with Crippen LogP contribution >= 0.6 is 0 Å². The van der Waals surface area contributed by atoms with E-state index in [0.717, 1.165) is 6.92 Å². The molecule has 0 aliphatic rings. The summed E-state index contributed by atoms with van der Waals surface area (Å²) in [6, 6.07) is 0. The standard InChI is InChI=1S/C5H10O4/c1-3(7)5(9)4(8)2-6/h4-6,8-9H,2H2,1H3/t4-,5-/m1/s1/i1+2. The summed E-state index contributed by atoms with van der Waals surface area (Å²) in [5, 5.41) is 25.4. The second-order valence-electron chi connectivity index (χ2n) is 1.81. The first kappa shape index (κ1) is 8.55. The van der Waals surface area contributed by atoms with Crippen LogP contribution in [0.4, 0.5) is 0 Å². The summed E-state index contributed by atoms with van der Waals surface area (Å²) in [7, 11) is 0. The molecule has 0 rings (SSSR count). The average molecular weight is 136 g/mol. The molecule has 2 atom stereocenters. The zero-order chi connectivity index (χ0) is 7.44. The molecule has 0 aliphatic heterocycles. The number of hydrogen-bond donors (Lipinski definition) is 3. The highest BCUT2D eigenvalue weighted by Crippen LogP contribution is 1.92. The van der Waals surface area contributed by atoms with E-state index < -0.39 is 24.6 Å². The van der Waals surface area contributed by atoms with Gasteiger partial charge in [0, 0.05) is 0 Å². The first-order chi connectivity index (χ1) is 4.09. The van der Waals surface area contributed by atoms with Gasteiger partial charge >= 0.3 is 0 Å². The fraction of sp³-hybridized carbons (Fsp3) is 0.800. The van der Waals surface area contributed by atoms with Crippen LogP contribution in [0.3, 0.4) is 0 Å². The summed E-state index contributed by atoms with van der Waals surface area (Å²) >= 11 is 0. The van der Waals surface area contributed by atoms with Crippen LogP contribution in [0.15, 0.2) is 0 Å². The van der Waals surface area contributed by atoms with Crippen molar-refractivity contribution >= 4 is 5.78 Å². The quantitative estimate of drug-likeness (QED) is 0.431. The van der Waals surface area contributed by atoms with Gasteiger partial charge in [-0.25, -0.2) is 0 Å². The highest BCUT2D eigenvalue weighted by atomic mass is 16.4. The maximum atomic E-state index is 10.2. The molecule has 0 aliphatic carbocycles. The minimum absolute atomic E-state index is 0.545. The molecule has 54 valence electrons. The molecule has 9 heavy (non-hydrogen) atoms. The molecule has 0 unspecified atom stereocenters. The third kappa shape index (κ3) is 2.55. The molecule has 0 spiro atoms. The van der Waals surface area contributed by atoms with E-state index >= 15 is 0 Å². The van der Waals surface area contributed by atoms with Crippen molar-refractivity contribution in [3.63, 3.8) is 0 Å². The van der Waals surface area contributed by atoms with Crippen LogP contribution in [-0.4, -0.2) is 39.9 Å². The van der Waals surface area contributed by atoms with Crippen LogP contribution in [0, 0.1) is 0 Å². The summed E-state index contributed by atoms with van der Waals surface area (Å²) in [5.74, 6) is -0.545. The lowest BCUT2D eigenvalue weighted by Gasteiger charge is -2.10. The zero-order valence-corrected chi connectivity index (χ0v) is 5.11. The molecule has 4 heteroatoms. The Morgan fingerprint density at radius 2 is 2.00 bits per heavy atom. The van der Waals surface area contributed by atoms with Crippen LogP contribution in [0.2, 0.25) is 0 Å². The maximum absolute atomic E-state index is 10.2. The Labute approximate surface area is 52.7 Å². The number of aliphatic hydroxyl groups excluding tert-OH is 3. The van der Waals surface area contributed by atoms with Crippen molar-refractivity contribution in [1.29, 1.82) is 0 Å². The predicted octanol–water partition coefficient (Wildman–Crippen LogP) is -1.71. The van der Waals surface area contributed by atoms with Crippen molar-refractivity contribution in [2.24, 2.45) is 0 Å². The average Bonchev–Trinajstić information content (AvgIpc) is 1.84. The van der Waals surface area contributed by atoms with Gasteiger partial charge in [-0.2, -0.15) is 0 Å². The summed E-state index contributed by atoms with van der Waals surface area (Å²) in [6.07, 6.45) is -2.79. The van der Waals surface area contributed by atoms with Gasteiger partial charge in [0.25, 0.3) is 0 Å². The van der Waals surface area contributed by atoms with E-state index in [0.29, 0.717) is 0 Å². The zero-order valence-electron chi connectivity index (χ0n) is 5.11. The van der Waals surface area contributed by atoms with E-state index in [1.165, 1.54) is 0 Å². The van der Waals surface area contributed by atoms with E-state index in [9.17, 15) is 4.79 Å². The van der Waals surface area contributed by atoms with Gasteiger partial charge < -0.3 is 15.3 Å². The lowest BCUT2D eigenvalue weighted by atomic mass is 10.2. The molecule has 0 heterocycles. The van der Waals surface area contributed by atoms with Gasteiger partial charge in [-0.1, -0.05) is 0 Å². The molecule has 0 aromatic rings. The SMILES string of the molecule is [14CH3]C(=O)[C@@H](O)[C@H](O)CO. The van der Waals surface area contributed by atoms with Crippen LogP contribution < -0.4 is 0 Å². The van der Waals surface area contributed by atoms with Crippen molar-refractivity contribution in [1.82, 2.24) is 0 Å².